The number of nitrogens with one attached hydrogen (secondary N) is 2. The summed E-state index contributed by atoms with van der Waals surface area (Å²) >= 11 is 0. The highest BCUT2D eigenvalue weighted by molar-refractivity contribution is 6.05. The van der Waals surface area contributed by atoms with Crippen LogP contribution in [0.25, 0.3) is 10.9 Å². The molecule has 0 spiro atoms. The summed E-state index contributed by atoms with van der Waals surface area (Å²) in [6.07, 6.45) is 7.84. The van der Waals surface area contributed by atoms with Gasteiger partial charge in [-0.2, -0.15) is 0 Å². The fourth-order valence-corrected chi connectivity index (χ4v) is 4.83. The van der Waals surface area contributed by atoms with E-state index in [2.05, 4.69) is 20.6 Å². The molecule has 0 radical (unpaired) electrons. The highest BCUT2D eigenvalue weighted by atomic mass is 16.5. The molecule has 1 aliphatic heterocycles. The van der Waals surface area contributed by atoms with Crippen LogP contribution in [0.4, 0.5) is 5.95 Å². The largest absolute Gasteiger partial charge is 0.393 e. The lowest BCUT2D eigenvalue weighted by Crippen LogP contribution is -2.55. The molecule has 176 valence electrons. The molecule has 1 atom stereocenters. The summed E-state index contributed by atoms with van der Waals surface area (Å²) in [5, 5.41) is 16.8. The van der Waals surface area contributed by atoms with Crippen molar-refractivity contribution in [3.63, 3.8) is 0 Å². The monoisotopic (exact) mass is 453 g/mol. The van der Waals surface area contributed by atoms with Crippen molar-refractivity contribution in [1.82, 2.24) is 20.2 Å². The van der Waals surface area contributed by atoms with E-state index in [4.69, 9.17) is 4.74 Å². The fraction of sp³-hybridized carbons (Fsp3) is 0.583. The lowest BCUT2D eigenvalue weighted by Gasteiger charge is -2.42. The molecule has 1 saturated heterocycles. The Morgan fingerprint density at radius 3 is 2.76 bits per heavy atom. The van der Waals surface area contributed by atoms with Crippen molar-refractivity contribution in [2.45, 2.75) is 69.2 Å². The Bertz CT molecular complexity index is 1020. The minimum atomic E-state index is -0.221. The number of amides is 2. The summed E-state index contributed by atoms with van der Waals surface area (Å²) in [6.45, 7) is 0.934. The molecule has 9 heteroatoms. The van der Waals surface area contributed by atoms with Crippen LogP contribution >= 0.6 is 0 Å². The lowest BCUT2D eigenvalue weighted by atomic mass is 9.91. The topological polar surface area (TPSA) is 117 Å². The van der Waals surface area contributed by atoms with Crippen LogP contribution in [0.15, 0.2) is 24.4 Å². The van der Waals surface area contributed by atoms with Gasteiger partial charge in [-0.3, -0.25) is 9.59 Å². The molecule has 33 heavy (non-hydrogen) atoms. The van der Waals surface area contributed by atoms with Gasteiger partial charge in [-0.15, -0.1) is 0 Å². The Hall–Kier alpha value is -2.78. The van der Waals surface area contributed by atoms with Crippen molar-refractivity contribution in [1.29, 1.82) is 0 Å². The smallest absolute Gasteiger partial charge is 0.253 e. The zero-order valence-electron chi connectivity index (χ0n) is 18.7. The molecule has 9 nitrogen and oxygen atoms in total. The highest BCUT2D eigenvalue weighted by Crippen LogP contribution is 2.27. The molecule has 2 aromatic rings. The third kappa shape index (κ3) is 4.94. The highest BCUT2D eigenvalue weighted by Gasteiger charge is 2.34. The number of ether oxygens (including phenoxy) is 1. The number of para-hydroxylation sites is 1. The summed E-state index contributed by atoms with van der Waals surface area (Å²) in [6, 6.07) is 6.02. The van der Waals surface area contributed by atoms with Gasteiger partial charge in [0.1, 0.15) is 6.61 Å². The average Bonchev–Trinajstić information content (AvgIpc) is 2.79. The molecule has 5 rings (SSSR count). The molecule has 3 N–H and O–H groups in total. The van der Waals surface area contributed by atoms with Gasteiger partial charge in [0.2, 0.25) is 11.9 Å². The van der Waals surface area contributed by atoms with Gasteiger partial charge in [0, 0.05) is 36.8 Å². The van der Waals surface area contributed by atoms with Crippen LogP contribution < -0.4 is 10.6 Å². The number of fused-ring (bicyclic) bond motifs is 1. The summed E-state index contributed by atoms with van der Waals surface area (Å²) in [5.74, 6) is 0.316. The Morgan fingerprint density at radius 2 is 2.00 bits per heavy atom. The predicted molar refractivity (Wildman–Crippen MR) is 123 cm³/mol. The van der Waals surface area contributed by atoms with Crippen LogP contribution in [0.3, 0.4) is 0 Å². The van der Waals surface area contributed by atoms with Gasteiger partial charge in [-0.05, 0) is 51.0 Å². The van der Waals surface area contributed by atoms with Gasteiger partial charge in [0.15, 0.2) is 0 Å². The number of hydrogen-bond donors (Lipinski definition) is 3. The van der Waals surface area contributed by atoms with Crippen molar-refractivity contribution >= 4 is 28.7 Å². The van der Waals surface area contributed by atoms with Gasteiger partial charge >= 0.3 is 0 Å². The summed E-state index contributed by atoms with van der Waals surface area (Å²) in [7, 11) is 0. The number of hydrogen-bond acceptors (Lipinski definition) is 7. The van der Waals surface area contributed by atoms with Crippen LogP contribution in [0.2, 0.25) is 0 Å². The second-order valence-corrected chi connectivity index (χ2v) is 9.36. The maximum absolute atomic E-state index is 13.0. The maximum Gasteiger partial charge on any atom is 0.253 e. The van der Waals surface area contributed by atoms with E-state index < -0.39 is 0 Å². The van der Waals surface area contributed by atoms with Crippen molar-refractivity contribution < 1.29 is 19.4 Å². The maximum atomic E-state index is 13.0. The number of nitrogens with zero attached hydrogens (tertiary/aromatic N) is 3. The van der Waals surface area contributed by atoms with Gasteiger partial charge in [-0.1, -0.05) is 12.1 Å². The van der Waals surface area contributed by atoms with E-state index >= 15 is 0 Å². The second kappa shape index (κ2) is 9.61. The third-order valence-corrected chi connectivity index (χ3v) is 7.05. The molecular weight excluding hydrogens is 422 g/mol. The molecule has 2 saturated carbocycles. The first kappa shape index (κ1) is 22.0. The van der Waals surface area contributed by atoms with Gasteiger partial charge in [0.05, 0.1) is 23.3 Å². The molecule has 1 aromatic heterocycles. The van der Waals surface area contributed by atoms with Crippen molar-refractivity contribution in [3.05, 3.63) is 30.0 Å². The minimum absolute atomic E-state index is 0.0422. The Morgan fingerprint density at radius 1 is 1.18 bits per heavy atom. The number of morpholine rings is 1. The molecule has 1 unspecified atom stereocenters. The first-order chi connectivity index (χ1) is 16.1. The second-order valence-electron chi connectivity index (χ2n) is 9.36. The molecule has 2 heterocycles. The molecule has 3 fully saturated rings. The van der Waals surface area contributed by atoms with Crippen molar-refractivity contribution in [2.24, 2.45) is 0 Å². The molecular formula is C24H31N5O4. The zero-order chi connectivity index (χ0) is 22.8. The number of aliphatic hydroxyl groups excluding tert-OH is 1. The summed E-state index contributed by atoms with van der Waals surface area (Å²) < 4.78 is 5.66. The number of aliphatic hydroxyl groups is 1. The quantitative estimate of drug-likeness (QED) is 0.611. The van der Waals surface area contributed by atoms with E-state index in [-0.39, 0.29) is 36.7 Å². The van der Waals surface area contributed by atoms with E-state index in [1.54, 1.807) is 12.3 Å². The third-order valence-electron chi connectivity index (χ3n) is 7.05. The molecule has 2 amide bonds. The number of anilines is 1. The van der Waals surface area contributed by atoms with Crippen molar-refractivity contribution in [3.8, 4) is 0 Å². The number of carbonyl (C=O) groups is 2. The number of rotatable bonds is 6. The normalized spacial score (nSPS) is 26.2. The molecule has 2 aliphatic carbocycles. The van der Waals surface area contributed by atoms with E-state index in [9.17, 15) is 14.7 Å². The van der Waals surface area contributed by atoms with Gasteiger partial charge in [0.25, 0.3) is 5.91 Å². The van der Waals surface area contributed by atoms with Crippen LogP contribution in [-0.4, -0.2) is 75.8 Å². The van der Waals surface area contributed by atoms with E-state index in [1.165, 1.54) is 6.42 Å². The van der Waals surface area contributed by atoms with Crippen molar-refractivity contribution in [2.75, 3.05) is 25.0 Å². The molecule has 1 aromatic carbocycles. The Kier molecular flexibility index (Phi) is 6.41. The molecule has 3 aliphatic rings. The minimum Gasteiger partial charge on any atom is -0.393 e. The van der Waals surface area contributed by atoms with E-state index in [0.717, 1.165) is 43.9 Å². The fourth-order valence-electron chi connectivity index (χ4n) is 4.83. The zero-order valence-corrected chi connectivity index (χ0v) is 18.7. The van der Waals surface area contributed by atoms with Gasteiger partial charge in [-0.25, -0.2) is 9.97 Å². The predicted octanol–water partition coefficient (Wildman–Crippen LogP) is 1.85. The van der Waals surface area contributed by atoms with E-state index in [1.807, 2.05) is 17.0 Å². The van der Waals surface area contributed by atoms with Gasteiger partial charge < -0.3 is 25.4 Å². The number of benzene rings is 1. The van der Waals surface area contributed by atoms with Crippen LogP contribution in [0.1, 0.15) is 55.3 Å². The SMILES string of the molecule is O=C(NCC1CN(C2CCC2)C(=O)CO1)c1cccc2cnc(N[C@H]3CC[C@H](O)CC3)nc12. The van der Waals surface area contributed by atoms with Crippen LogP contribution in [0.5, 0.6) is 0 Å². The summed E-state index contributed by atoms with van der Waals surface area (Å²) in [5.41, 5.74) is 1.08. The first-order valence-electron chi connectivity index (χ1n) is 12.0. The standard InChI is InChI=1S/C24H31N5O4/c30-18-9-7-16(8-10-18)27-24-26-11-15-3-1-6-20(22(15)28-24)23(32)25-12-19-13-29(17-4-2-5-17)21(31)14-33-19/h1,3,6,11,16-19,30H,2,4-5,7-10,12-14H2,(H,25,32)(H,26,27,28)/t16-,18-,19?. The first-order valence-corrected chi connectivity index (χ1v) is 12.0. The number of carbonyl (C=O) groups excluding carboxylic acids is 2. The average molecular weight is 454 g/mol. The van der Waals surface area contributed by atoms with E-state index in [0.29, 0.717) is 36.2 Å². The Labute approximate surface area is 192 Å². The summed E-state index contributed by atoms with van der Waals surface area (Å²) in [4.78, 5) is 36.1. The lowest BCUT2D eigenvalue weighted by molar-refractivity contribution is -0.154. The Balaban J connectivity index is 1.24. The van der Waals surface area contributed by atoms with Crippen LogP contribution in [0, 0.1) is 0 Å². The van der Waals surface area contributed by atoms with Crippen LogP contribution in [-0.2, 0) is 9.53 Å². The molecule has 0 bridgehead atoms. The number of aromatic nitrogens is 2.